The first-order valence-electron chi connectivity index (χ1n) is 8.20. The number of aliphatic hydroxyl groups is 1. The molecule has 0 spiro atoms. The summed E-state index contributed by atoms with van der Waals surface area (Å²) >= 11 is 5.87. The van der Waals surface area contributed by atoms with Gasteiger partial charge in [-0.25, -0.2) is 4.39 Å². The molecule has 1 heterocycles. The van der Waals surface area contributed by atoms with Gasteiger partial charge >= 0.3 is 0 Å². The topological polar surface area (TPSA) is 74.0 Å². The number of aromatic nitrogens is 1. The molecular formula is C21H16ClFN2O2. The Morgan fingerprint density at radius 2 is 1.78 bits per heavy atom. The van der Waals surface area contributed by atoms with E-state index in [0.717, 1.165) is 0 Å². The van der Waals surface area contributed by atoms with E-state index in [4.69, 9.17) is 17.0 Å². The van der Waals surface area contributed by atoms with Gasteiger partial charge < -0.3 is 10.5 Å². The SMILES string of the molecule is N=C(c1ccccc1F)C(C(=O)c1ccc(Cl)cc1)C(O)c1cccnc1. The van der Waals surface area contributed by atoms with Crippen molar-refractivity contribution in [3.05, 3.63) is 101 Å². The van der Waals surface area contributed by atoms with Crippen molar-refractivity contribution in [1.82, 2.24) is 4.98 Å². The summed E-state index contributed by atoms with van der Waals surface area (Å²) in [5.74, 6) is -2.43. The molecule has 4 nitrogen and oxygen atoms in total. The molecule has 0 saturated carbocycles. The first-order valence-corrected chi connectivity index (χ1v) is 8.58. The fraction of sp³-hybridized carbons (Fsp3) is 0.0952. The van der Waals surface area contributed by atoms with Crippen LogP contribution >= 0.6 is 11.6 Å². The van der Waals surface area contributed by atoms with Crippen molar-refractivity contribution in [2.75, 3.05) is 0 Å². The number of halogens is 2. The predicted molar refractivity (Wildman–Crippen MR) is 102 cm³/mol. The number of carbonyl (C=O) groups is 1. The molecule has 0 saturated heterocycles. The fourth-order valence-corrected chi connectivity index (χ4v) is 2.94. The van der Waals surface area contributed by atoms with E-state index in [-0.39, 0.29) is 16.8 Å². The Balaban J connectivity index is 2.06. The van der Waals surface area contributed by atoms with Crippen molar-refractivity contribution in [2.45, 2.75) is 6.10 Å². The number of aliphatic hydroxyl groups excluding tert-OH is 1. The van der Waals surface area contributed by atoms with Crippen LogP contribution in [0.15, 0.2) is 73.1 Å². The Morgan fingerprint density at radius 3 is 2.41 bits per heavy atom. The van der Waals surface area contributed by atoms with E-state index in [0.29, 0.717) is 10.6 Å². The lowest BCUT2D eigenvalue weighted by molar-refractivity contribution is 0.0793. The van der Waals surface area contributed by atoms with Crippen molar-refractivity contribution in [1.29, 1.82) is 5.41 Å². The molecule has 0 amide bonds. The van der Waals surface area contributed by atoms with Gasteiger partial charge in [0.15, 0.2) is 5.78 Å². The maximum Gasteiger partial charge on any atom is 0.174 e. The number of benzene rings is 2. The van der Waals surface area contributed by atoms with Gasteiger partial charge in [0, 0.05) is 28.5 Å². The van der Waals surface area contributed by atoms with E-state index in [1.807, 2.05) is 0 Å². The summed E-state index contributed by atoms with van der Waals surface area (Å²) in [4.78, 5) is 17.1. The highest BCUT2D eigenvalue weighted by Crippen LogP contribution is 2.29. The molecule has 3 rings (SSSR count). The van der Waals surface area contributed by atoms with Gasteiger partial charge in [0.05, 0.1) is 17.7 Å². The van der Waals surface area contributed by atoms with E-state index >= 15 is 0 Å². The maximum atomic E-state index is 14.2. The zero-order valence-electron chi connectivity index (χ0n) is 14.1. The zero-order valence-corrected chi connectivity index (χ0v) is 14.9. The third-order valence-electron chi connectivity index (χ3n) is 4.23. The standard InChI is InChI=1S/C21H16ClFN2O2/c22-15-9-7-13(8-10-15)20(26)18(21(27)14-4-3-11-25-12-14)19(24)16-5-1-2-6-17(16)23/h1-12,18,21,24,27H. The Morgan fingerprint density at radius 1 is 1.07 bits per heavy atom. The van der Waals surface area contributed by atoms with Crippen molar-refractivity contribution in [3.8, 4) is 0 Å². The molecule has 0 aliphatic carbocycles. The highest BCUT2D eigenvalue weighted by Gasteiger charge is 2.34. The number of carbonyl (C=O) groups excluding carboxylic acids is 1. The molecule has 2 aromatic carbocycles. The molecule has 2 unspecified atom stereocenters. The zero-order chi connectivity index (χ0) is 19.4. The average Bonchev–Trinajstić information content (AvgIpc) is 2.69. The third kappa shape index (κ3) is 4.10. The van der Waals surface area contributed by atoms with E-state index in [2.05, 4.69) is 4.98 Å². The molecule has 2 N–H and O–H groups in total. The molecular weight excluding hydrogens is 367 g/mol. The summed E-state index contributed by atoms with van der Waals surface area (Å²) in [6.45, 7) is 0. The lowest BCUT2D eigenvalue weighted by Crippen LogP contribution is -2.31. The lowest BCUT2D eigenvalue weighted by atomic mass is 9.82. The van der Waals surface area contributed by atoms with E-state index < -0.39 is 23.6 Å². The highest BCUT2D eigenvalue weighted by atomic mass is 35.5. The van der Waals surface area contributed by atoms with Crippen molar-refractivity contribution in [3.63, 3.8) is 0 Å². The first-order chi connectivity index (χ1) is 13.0. The normalized spacial score (nSPS) is 13.0. The van der Waals surface area contributed by atoms with Gasteiger partial charge in [0.25, 0.3) is 0 Å². The van der Waals surface area contributed by atoms with Gasteiger partial charge in [-0.2, -0.15) is 0 Å². The van der Waals surface area contributed by atoms with E-state index in [1.54, 1.807) is 30.3 Å². The third-order valence-corrected chi connectivity index (χ3v) is 4.48. The molecule has 1 aromatic heterocycles. The molecule has 2 atom stereocenters. The second kappa shape index (κ2) is 8.20. The number of nitrogens with zero attached hydrogens (tertiary/aromatic N) is 1. The van der Waals surface area contributed by atoms with Crippen LogP contribution in [0.1, 0.15) is 27.6 Å². The number of nitrogens with one attached hydrogen (secondary N) is 1. The fourth-order valence-electron chi connectivity index (χ4n) is 2.82. The smallest absolute Gasteiger partial charge is 0.174 e. The van der Waals surface area contributed by atoms with Gasteiger partial charge in [0.1, 0.15) is 5.82 Å². The second-order valence-electron chi connectivity index (χ2n) is 5.97. The maximum absolute atomic E-state index is 14.2. The number of rotatable bonds is 6. The van der Waals surface area contributed by atoms with Gasteiger partial charge in [0.2, 0.25) is 0 Å². The molecule has 0 bridgehead atoms. The van der Waals surface area contributed by atoms with Crippen LogP contribution in [0.2, 0.25) is 5.02 Å². The summed E-state index contributed by atoms with van der Waals surface area (Å²) in [5.41, 5.74) is 0.302. The van der Waals surface area contributed by atoms with E-state index in [9.17, 15) is 14.3 Å². The minimum atomic E-state index is -1.35. The Bertz CT molecular complexity index is 961. The van der Waals surface area contributed by atoms with Crippen LogP contribution in [0.3, 0.4) is 0 Å². The van der Waals surface area contributed by atoms with Crippen LogP contribution in [0.5, 0.6) is 0 Å². The summed E-state index contributed by atoms with van der Waals surface area (Å²) in [6, 6.07) is 15.1. The highest BCUT2D eigenvalue weighted by molar-refractivity contribution is 6.30. The lowest BCUT2D eigenvalue weighted by Gasteiger charge is -2.23. The van der Waals surface area contributed by atoms with Crippen molar-refractivity contribution in [2.24, 2.45) is 5.92 Å². The van der Waals surface area contributed by atoms with Crippen LogP contribution in [-0.4, -0.2) is 21.6 Å². The van der Waals surface area contributed by atoms with Crippen LogP contribution in [-0.2, 0) is 0 Å². The number of Topliss-reactive ketones (excluding diaryl/α,β-unsaturated/α-hetero) is 1. The number of hydrogen-bond acceptors (Lipinski definition) is 4. The number of pyridine rings is 1. The summed E-state index contributed by atoms with van der Waals surface area (Å²) in [6.07, 6.45) is 1.60. The molecule has 6 heteroatoms. The van der Waals surface area contributed by atoms with Gasteiger partial charge in [-0.3, -0.25) is 9.78 Å². The Kier molecular flexibility index (Phi) is 5.74. The Hall–Kier alpha value is -2.89. The monoisotopic (exact) mass is 382 g/mol. The van der Waals surface area contributed by atoms with E-state index in [1.165, 1.54) is 42.7 Å². The van der Waals surface area contributed by atoms with Crippen LogP contribution in [0.4, 0.5) is 4.39 Å². The largest absolute Gasteiger partial charge is 0.387 e. The summed E-state index contributed by atoms with van der Waals surface area (Å²) < 4.78 is 14.2. The minimum absolute atomic E-state index is 0.0345. The minimum Gasteiger partial charge on any atom is -0.387 e. The van der Waals surface area contributed by atoms with Crippen LogP contribution in [0, 0.1) is 17.1 Å². The quantitative estimate of drug-likeness (QED) is 0.487. The summed E-state index contributed by atoms with van der Waals surface area (Å²) in [5, 5.41) is 19.8. The number of ketones is 1. The van der Waals surface area contributed by atoms with Gasteiger partial charge in [-0.15, -0.1) is 0 Å². The summed E-state index contributed by atoms with van der Waals surface area (Å²) in [7, 11) is 0. The van der Waals surface area contributed by atoms with Crippen LogP contribution < -0.4 is 0 Å². The van der Waals surface area contributed by atoms with Crippen molar-refractivity contribution < 1.29 is 14.3 Å². The Labute approximate surface area is 160 Å². The molecule has 27 heavy (non-hydrogen) atoms. The second-order valence-corrected chi connectivity index (χ2v) is 6.41. The predicted octanol–water partition coefficient (Wildman–Crippen LogP) is 4.47. The average molecular weight is 383 g/mol. The number of hydrogen-bond donors (Lipinski definition) is 2. The molecule has 0 aliphatic rings. The first kappa shape index (κ1) is 18.9. The molecule has 3 aromatic rings. The molecule has 136 valence electrons. The van der Waals surface area contributed by atoms with Gasteiger partial charge in [-0.05, 0) is 42.0 Å². The molecule has 0 fully saturated rings. The molecule has 0 radical (unpaired) electrons. The van der Waals surface area contributed by atoms with Crippen molar-refractivity contribution >= 4 is 23.1 Å². The molecule has 0 aliphatic heterocycles. The van der Waals surface area contributed by atoms with Gasteiger partial charge in [-0.1, -0.05) is 35.9 Å². The van der Waals surface area contributed by atoms with Crippen LogP contribution in [0.25, 0.3) is 0 Å².